The number of para-hydroxylation sites is 1. The third-order valence-corrected chi connectivity index (χ3v) is 4.10. The summed E-state index contributed by atoms with van der Waals surface area (Å²) in [5.41, 5.74) is 1.29. The monoisotopic (exact) mass is 274 g/mol. The van der Waals surface area contributed by atoms with Crippen molar-refractivity contribution in [3.8, 4) is 0 Å². The first-order chi connectivity index (χ1) is 9.24. The molecule has 0 bridgehead atoms. The number of aromatic nitrogens is 1. The van der Waals surface area contributed by atoms with E-state index in [4.69, 9.17) is 11.6 Å². The fourth-order valence-corrected chi connectivity index (χ4v) is 2.86. The van der Waals surface area contributed by atoms with E-state index >= 15 is 0 Å². The van der Waals surface area contributed by atoms with E-state index in [1.54, 1.807) is 6.07 Å². The number of pyridine rings is 1. The number of fused-ring (bicyclic) bond motifs is 1. The van der Waals surface area contributed by atoms with Crippen LogP contribution in [0.2, 0.25) is 0 Å². The van der Waals surface area contributed by atoms with Gasteiger partial charge in [-0.3, -0.25) is 4.79 Å². The first-order valence-corrected chi connectivity index (χ1v) is 6.98. The summed E-state index contributed by atoms with van der Waals surface area (Å²) in [6, 6.07) is 11.5. The van der Waals surface area contributed by atoms with Gasteiger partial charge >= 0.3 is 0 Å². The van der Waals surface area contributed by atoms with Crippen LogP contribution in [0.15, 0.2) is 36.4 Å². The van der Waals surface area contributed by atoms with Gasteiger partial charge in [-0.2, -0.15) is 0 Å². The van der Waals surface area contributed by atoms with Gasteiger partial charge in [-0.25, -0.2) is 4.98 Å². The minimum atomic E-state index is -0.136. The number of carbonyl (C=O) groups is 1. The van der Waals surface area contributed by atoms with E-state index in [-0.39, 0.29) is 17.3 Å². The molecule has 0 spiro atoms. The summed E-state index contributed by atoms with van der Waals surface area (Å²) in [4.78, 5) is 16.5. The predicted octanol–water partition coefficient (Wildman–Crippen LogP) is 3.12. The fourth-order valence-electron chi connectivity index (χ4n) is 2.51. The van der Waals surface area contributed by atoms with Crippen molar-refractivity contribution >= 4 is 28.4 Å². The standard InChI is InChI=1S/C15H15ClN2O/c16-11-5-3-7-13(11)18-15(19)14-9-8-10-4-1-2-6-12(10)17-14/h1-2,4,6,8-9,11,13H,3,5,7H2,(H,18,19). The van der Waals surface area contributed by atoms with E-state index in [1.807, 2.05) is 30.3 Å². The maximum absolute atomic E-state index is 12.2. The van der Waals surface area contributed by atoms with E-state index in [0.29, 0.717) is 5.69 Å². The summed E-state index contributed by atoms with van der Waals surface area (Å²) in [6.07, 6.45) is 3.00. The number of benzene rings is 1. The van der Waals surface area contributed by atoms with Crippen LogP contribution in [0.25, 0.3) is 10.9 Å². The maximum atomic E-state index is 12.2. The van der Waals surface area contributed by atoms with Gasteiger partial charge in [0.1, 0.15) is 5.69 Å². The molecule has 1 N–H and O–H groups in total. The topological polar surface area (TPSA) is 42.0 Å². The lowest BCUT2D eigenvalue weighted by molar-refractivity contribution is 0.0933. The van der Waals surface area contributed by atoms with Gasteiger partial charge in [0.05, 0.1) is 10.9 Å². The van der Waals surface area contributed by atoms with Crippen molar-refractivity contribution in [1.29, 1.82) is 0 Å². The van der Waals surface area contributed by atoms with Crippen LogP contribution in [0.3, 0.4) is 0 Å². The number of hydrogen-bond acceptors (Lipinski definition) is 2. The average molecular weight is 275 g/mol. The zero-order valence-electron chi connectivity index (χ0n) is 10.5. The van der Waals surface area contributed by atoms with Crippen molar-refractivity contribution in [3.63, 3.8) is 0 Å². The number of carbonyl (C=O) groups excluding carboxylic acids is 1. The molecule has 0 saturated heterocycles. The zero-order valence-corrected chi connectivity index (χ0v) is 11.2. The van der Waals surface area contributed by atoms with Crippen LogP contribution in [-0.2, 0) is 0 Å². The lowest BCUT2D eigenvalue weighted by Gasteiger charge is -2.15. The Labute approximate surface area is 117 Å². The molecule has 0 radical (unpaired) electrons. The quantitative estimate of drug-likeness (QED) is 0.855. The molecule has 1 saturated carbocycles. The van der Waals surface area contributed by atoms with Crippen molar-refractivity contribution in [1.82, 2.24) is 10.3 Å². The SMILES string of the molecule is O=C(NC1CCCC1Cl)c1ccc2ccccc2n1. The molecule has 1 aromatic carbocycles. The molecule has 1 heterocycles. The summed E-state index contributed by atoms with van der Waals surface area (Å²) in [6.45, 7) is 0. The highest BCUT2D eigenvalue weighted by Crippen LogP contribution is 2.24. The minimum absolute atomic E-state index is 0.0457. The highest BCUT2D eigenvalue weighted by molar-refractivity contribution is 6.21. The number of rotatable bonds is 2. The predicted molar refractivity (Wildman–Crippen MR) is 76.5 cm³/mol. The maximum Gasteiger partial charge on any atom is 0.270 e. The summed E-state index contributed by atoms with van der Waals surface area (Å²) in [5, 5.41) is 4.06. The van der Waals surface area contributed by atoms with Crippen molar-refractivity contribution < 1.29 is 4.79 Å². The molecule has 3 nitrogen and oxygen atoms in total. The molecule has 0 aliphatic heterocycles. The molecular weight excluding hydrogens is 260 g/mol. The third kappa shape index (κ3) is 2.56. The van der Waals surface area contributed by atoms with E-state index < -0.39 is 0 Å². The number of nitrogens with one attached hydrogen (secondary N) is 1. The van der Waals surface area contributed by atoms with E-state index in [9.17, 15) is 4.79 Å². The van der Waals surface area contributed by atoms with E-state index in [2.05, 4.69) is 10.3 Å². The van der Waals surface area contributed by atoms with Crippen molar-refractivity contribution in [2.45, 2.75) is 30.7 Å². The van der Waals surface area contributed by atoms with E-state index in [1.165, 1.54) is 0 Å². The van der Waals surface area contributed by atoms with Crippen LogP contribution in [0, 0.1) is 0 Å². The van der Waals surface area contributed by atoms with Crippen molar-refractivity contribution in [2.75, 3.05) is 0 Å². The summed E-state index contributed by atoms with van der Waals surface area (Å²) in [7, 11) is 0. The van der Waals surface area contributed by atoms with Gasteiger partial charge in [0.2, 0.25) is 0 Å². The van der Waals surface area contributed by atoms with Crippen molar-refractivity contribution in [3.05, 3.63) is 42.1 Å². The number of nitrogens with zero attached hydrogens (tertiary/aromatic N) is 1. The molecule has 1 aromatic heterocycles. The molecule has 19 heavy (non-hydrogen) atoms. The molecule has 2 aromatic rings. The molecular formula is C15H15ClN2O. The van der Waals surface area contributed by atoms with Crippen LogP contribution >= 0.6 is 11.6 Å². The van der Waals surface area contributed by atoms with Gasteiger partial charge in [0, 0.05) is 11.4 Å². The number of amides is 1. The first-order valence-electron chi connectivity index (χ1n) is 6.55. The van der Waals surface area contributed by atoms with Crippen LogP contribution in [-0.4, -0.2) is 22.3 Å². The molecule has 2 atom stereocenters. The Morgan fingerprint density at radius 1 is 1.21 bits per heavy atom. The highest BCUT2D eigenvalue weighted by Gasteiger charge is 2.27. The molecule has 1 aliphatic rings. The molecule has 98 valence electrons. The molecule has 3 rings (SSSR count). The summed E-state index contributed by atoms with van der Waals surface area (Å²) >= 11 is 6.17. The smallest absolute Gasteiger partial charge is 0.270 e. The third-order valence-electron chi connectivity index (χ3n) is 3.58. The fraction of sp³-hybridized carbons (Fsp3) is 0.333. The van der Waals surface area contributed by atoms with Gasteiger partial charge in [0.25, 0.3) is 5.91 Å². The lowest BCUT2D eigenvalue weighted by atomic mass is 10.2. The molecule has 2 unspecified atom stereocenters. The number of halogens is 1. The molecule has 1 fully saturated rings. The number of hydrogen-bond donors (Lipinski definition) is 1. The Hall–Kier alpha value is -1.61. The van der Waals surface area contributed by atoms with Gasteiger partial charge in [-0.15, -0.1) is 11.6 Å². The second-order valence-electron chi connectivity index (χ2n) is 4.92. The van der Waals surface area contributed by atoms with Gasteiger partial charge in [-0.1, -0.05) is 24.3 Å². The first kappa shape index (κ1) is 12.4. The Morgan fingerprint density at radius 2 is 2.05 bits per heavy atom. The molecule has 1 aliphatic carbocycles. The Morgan fingerprint density at radius 3 is 2.84 bits per heavy atom. The normalized spacial score (nSPS) is 22.6. The largest absolute Gasteiger partial charge is 0.346 e. The minimum Gasteiger partial charge on any atom is -0.346 e. The lowest BCUT2D eigenvalue weighted by Crippen LogP contribution is -2.38. The number of alkyl halides is 1. The van der Waals surface area contributed by atoms with E-state index in [0.717, 1.165) is 30.2 Å². The van der Waals surface area contributed by atoms with Gasteiger partial charge < -0.3 is 5.32 Å². The Kier molecular flexibility index (Phi) is 3.38. The highest BCUT2D eigenvalue weighted by atomic mass is 35.5. The second kappa shape index (κ2) is 5.17. The summed E-state index contributed by atoms with van der Waals surface area (Å²) in [5.74, 6) is -0.136. The average Bonchev–Trinajstić information content (AvgIpc) is 2.84. The Balaban J connectivity index is 1.81. The van der Waals surface area contributed by atoms with Crippen LogP contribution in [0.4, 0.5) is 0 Å². The van der Waals surface area contributed by atoms with Crippen LogP contribution in [0.5, 0.6) is 0 Å². The second-order valence-corrected chi connectivity index (χ2v) is 5.48. The molecule has 4 heteroatoms. The van der Waals surface area contributed by atoms with Crippen molar-refractivity contribution in [2.24, 2.45) is 0 Å². The van der Waals surface area contributed by atoms with Gasteiger partial charge in [0.15, 0.2) is 0 Å². The Bertz CT molecular complexity index is 614. The van der Waals surface area contributed by atoms with Crippen LogP contribution < -0.4 is 5.32 Å². The van der Waals surface area contributed by atoms with Crippen LogP contribution in [0.1, 0.15) is 29.8 Å². The summed E-state index contributed by atoms with van der Waals surface area (Å²) < 4.78 is 0. The zero-order chi connectivity index (χ0) is 13.2. The van der Waals surface area contributed by atoms with Gasteiger partial charge in [-0.05, 0) is 31.4 Å². The molecule has 1 amide bonds.